The van der Waals surface area contributed by atoms with Crippen LogP contribution in [0.1, 0.15) is 22.7 Å². The van der Waals surface area contributed by atoms with Crippen LogP contribution in [0.2, 0.25) is 5.02 Å². The number of carbonyl (C=O) groups is 2. The Morgan fingerprint density at radius 1 is 1.00 bits per heavy atom. The SMILES string of the molecule is COc1ccc(N2C(=O)C(=O)/C(=C(/O)c3ccccc3)C2c2cccc(C)c2)cc1Cl. The van der Waals surface area contributed by atoms with Crippen molar-refractivity contribution in [1.82, 2.24) is 0 Å². The van der Waals surface area contributed by atoms with Crippen molar-refractivity contribution in [3.8, 4) is 5.75 Å². The van der Waals surface area contributed by atoms with Crippen LogP contribution in [0.15, 0.2) is 78.4 Å². The summed E-state index contributed by atoms with van der Waals surface area (Å²) < 4.78 is 5.20. The molecule has 1 N–H and O–H groups in total. The molecule has 0 aromatic heterocycles. The fraction of sp³-hybridized carbons (Fsp3) is 0.120. The summed E-state index contributed by atoms with van der Waals surface area (Å²) >= 11 is 6.30. The van der Waals surface area contributed by atoms with Crippen LogP contribution in [0.25, 0.3) is 5.76 Å². The summed E-state index contributed by atoms with van der Waals surface area (Å²) in [6, 6.07) is 20.3. The van der Waals surface area contributed by atoms with Gasteiger partial charge in [-0.05, 0) is 30.7 Å². The van der Waals surface area contributed by atoms with Crippen molar-refractivity contribution in [1.29, 1.82) is 0 Å². The predicted octanol–water partition coefficient (Wildman–Crippen LogP) is 5.28. The van der Waals surface area contributed by atoms with E-state index in [2.05, 4.69) is 0 Å². The number of nitrogens with zero attached hydrogens (tertiary/aromatic N) is 1. The van der Waals surface area contributed by atoms with Crippen LogP contribution >= 0.6 is 11.6 Å². The standard InChI is InChI=1S/C25H20ClNO4/c1-15-7-6-10-17(13-15)22-21(23(28)16-8-4-3-5-9-16)24(29)25(30)27(22)18-11-12-20(31-2)19(26)14-18/h3-14,22,28H,1-2H3/b23-21+. The molecule has 1 saturated heterocycles. The van der Waals surface area contributed by atoms with Crippen LogP contribution in [0.3, 0.4) is 0 Å². The van der Waals surface area contributed by atoms with Crippen LogP contribution in [0, 0.1) is 6.92 Å². The van der Waals surface area contributed by atoms with Gasteiger partial charge in [0.05, 0.1) is 23.7 Å². The molecule has 4 rings (SSSR count). The highest BCUT2D eigenvalue weighted by Gasteiger charge is 2.47. The number of aliphatic hydroxyl groups excluding tert-OH is 1. The molecule has 0 saturated carbocycles. The van der Waals surface area contributed by atoms with E-state index in [4.69, 9.17) is 16.3 Å². The summed E-state index contributed by atoms with van der Waals surface area (Å²) in [6.07, 6.45) is 0. The minimum Gasteiger partial charge on any atom is -0.507 e. The number of hydrogen-bond donors (Lipinski definition) is 1. The lowest BCUT2D eigenvalue weighted by Crippen LogP contribution is -2.29. The van der Waals surface area contributed by atoms with Gasteiger partial charge in [0.15, 0.2) is 0 Å². The fourth-order valence-electron chi connectivity index (χ4n) is 3.81. The molecule has 0 bridgehead atoms. The molecule has 0 aliphatic carbocycles. The van der Waals surface area contributed by atoms with Gasteiger partial charge < -0.3 is 9.84 Å². The van der Waals surface area contributed by atoms with Gasteiger partial charge in [-0.25, -0.2) is 0 Å². The summed E-state index contributed by atoms with van der Waals surface area (Å²) in [7, 11) is 1.50. The minimum atomic E-state index is -0.801. The molecular weight excluding hydrogens is 414 g/mol. The lowest BCUT2D eigenvalue weighted by atomic mass is 9.94. The first kappa shape index (κ1) is 20.7. The highest BCUT2D eigenvalue weighted by Crippen LogP contribution is 2.43. The van der Waals surface area contributed by atoms with E-state index in [0.29, 0.717) is 27.6 Å². The van der Waals surface area contributed by atoms with E-state index >= 15 is 0 Å². The van der Waals surface area contributed by atoms with E-state index in [9.17, 15) is 14.7 Å². The van der Waals surface area contributed by atoms with Crippen LogP contribution in [-0.4, -0.2) is 23.9 Å². The average Bonchev–Trinajstić information content (AvgIpc) is 3.04. The first-order chi connectivity index (χ1) is 14.9. The molecule has 3 aromatic rings. The molecule has 1 fully saturated rings. The van der Waals surface area contributed by atoms with Gasteiger partial charge in [0.1, 0.15) is 11.5 Å². The molecule has 0 spiro atoms. The fourth-order valence-corrected chi connectivity index (χ4v) is 4.06. The second-order valence-electron chi connectivity index (χ2n) is 7.27. The number of aryl methyl sites for hydroxylation is 1. The number of Topliss-reactive ketones (excluding diaryl/α,β-unsaturated/α-hetero) is 1. The summed E-state index contributed by atoms with van der Waals surface area (Å²) in [5.74, 6) is -1.24. The topological polar surface area (TPSA) is 66.8 Å². The van der Waals surface area contributed by atoms with Crippen LogP contribution in [0.5, 0.6) is 5.75 Å². The number of halogens is 1. The van der Waals surface area contributed by atoms with Gasteiger partial charge in [0, 0.05) is 11.3 Å². The van der Waals surface area contributed by atoms with Gasteiger partial charge in [0.2, 0.25) is 0 Å². The van der Waals surface area contributed by atoms with Crippen molar-refractivity contribution >= 4 is 34.7 Å². The molecule has 156 valence electrons. The Morgan fingerprint density at radius 2 is 1.74 bits per heavy atom. The Bertz CT molecular complexity index is 1200. The Labute approximate surface area is 185 Å². The first-order valence-corrected chi connectivity index (χ1v) is 10.1. The monoisotopic (exact) mass is 433 g/mol. The van der Waals surface area contributed by atoms with E-state index in [1.165, 1.54) is 12.0 Å². The van der Waals surface area contributed by atoms with Gasteiger partial charge in [-0.15, -0.1) is 0 Å². The van der Waals surface area contributed by atoms with Gasteiger partial charge in [0.25, 0.3) is 11.7 Å². The highest BCUT2D eigenvalue weighted by atomic mass is 35.5. The quantitative estimate of drug-likeness (QED) is 0.345. The molecule has 1 unspecified atom stereocenters. The Hall–Kier alpha value is -3.57. The lowest BCUT2D eigenvalue weighted by Gasteiger charge is -2.26. The normalized spacial score (nSPS) is 17.8. The summed E-state index contributed by atoms with van der Waals surface area (Å²) in [5, 5.41) is 11.4. The smallest absolute Gasteiger partial charge is 0.300 e. The maximum atomic E-state index is 13.1. The number of methoxy groups -OCH3 is 1. The number of amides is 1. The molecule has 0 radical (unpaired) electrons. The Kier molecular flexibility index (Phi) is 5.53. The molecule has 1 aliphatic rings. The number of hydrogen-bond acceptors (Lipinski definition) is 4. The molecule has 31 heavy (non-hydrogen) atoms. The van der Waals surface area contributed by atoms with E-state index < -0.39 is 17.7 Å². The number of rotatable bonds is 4. The lowest BCUT2D eigenvalue weighted by molar-refractivity contribution is -0.132. The van der Waals surface area contributed by atoms with Crippen molar-refractivity contribution in [2.24, 2.45) is 0 Å². The van der Waals surface area contributed by atoms with Crippen molar-refractivity contribution in [3.63, 3.8) is 0 Å². The van der Waals surface area contributed by atoms with Crippen molar-refractivity contribution < 1.29 is 19.4 Å². The predicted molar refractivity (Wildman–Crippen MR) is 120 cm³/mol. The summed E-state index contributed by atoms with van der Waals surface area (Å²) in [5.41, 5.74) is 2.62. The van der Waals surface area contributed by atoms with Crippen LogP contribution in [-0.2, 0) is 9.59 Å². The number of ketones is 1. The number of ether oxygens (including phenoxy) is 1. The molecule has 1 amide bonds. The molecule has 5 nitrogen and oxygen atoms in total. The molecule has 1 heterocycles. The van der Waals surface area contributed by atoms with Gasteiger partial charge in [-0.2, -0.15) is 0 Å². The third-order valence-corrected chi connectivity index (χ3v) is 5.56. The summed E-state index contributed by atoms with van der Waals surface area (Å²) in [6.45, 7) is 1.93. The number of carbonyl (C=O) groups excluding carboxylic acids is 2. The van der Waals surface area contributed by atoms with Crippen LogP contribution in [0.4, 0.5) is 5.69 Å². The molecular formula is C25H20ClNO4. The second-order valence-corrected chi connectivity index (χ2v) is 7.68. The van der Waals surface area contributed by atoms with Crippen molar-refractivity contribution in [3.05, 3.63) is 100 Å². The first-order valence-electron chi connectivity index (χ1n) is 9.69. The third-order valence-electron chi connectivity index (χ3n) is 5.26. The number of benzene rings is 3. The van der Waals surface area contributed by atoms with Crippen molar-refractivity contribution in [2.45, 2.75) is 13.0 Å². The van der Waals surface area contributed by atoms with Gasteiger partial charge in [-0.3, -0.25) is 14.5 Å². The van der Waals surface area contributed by atoms with E-state index in [-0.39, 0.29) is 11.3 Å². The van der Waals surface area contributed by atoms with Gasteiger partial charge >= 0.3 is 0 Å². The number of aliphatic hydroxyl groups is 1. The third kappa shape index (κ3) is 3.68. The highest BCUT2D eigenvalue weighted by molar-refractivity contribution is 6.51. The molecule has 1 atom stereocenters. The average molecular weight is 434 g/mol. The van der Waals surface area contributed by atoms with Crippen LogP contribution < -0.4 is 9.64 Å². The minimum absolute atomic E-state index is 0.0359. The molecule has 3 aromatic carbocycles. The molecule has 1 aliphatic heterocycles. The number of anilines is 1. The zero-order chi connectivity index (χ0) is 22.1. The maximum Gasteiger partial charge on any atom is 0.300 e. The zero-order valence-corrected chi connectivity index (χ0v) is 17.8. The van der Waals surface area contributed by atoms with E-state index in [1.54, 1.807) is 42.5 Å². The second kappa shape index (κ2) is 8.28. The maximum absolute atomic E-state index is 13.1. The van der Waals surface area contributed by atoms with E-state index in [0.717, 1.165) is 5.56 Å². The van der Waals surface area contributed by atoms with Crippen molar-refractivity contribution in [2.75, 3.05) is 12.0 Å². The zero-order valence-electron chi connectivity index (χ0n) is 17.0. The Morgan fingerprint density at radius 3 is 2.39 bits per heavy atom. The summed E-state index contributed by atoms with van der Waals surface area (Å²) in [4.78, 5) is 27.6. The Balaban J connectivity index is 1.95. The molecule has 6 heteroatoms. The largest absolute Gasteiger partial charge is 0.507 e. The van der Waals surface area contributed by atoms with E-state index in [1.807, 2.05) is 37.3 Å². The van der Waals surface area contributed by atoms with Gasteiger partial charge in [-0.1, -0.05) is 71.8 Å².